The van der Waals surface area contributed by atoms with Crippen LogP contribution in [0.3, 0.4) is 0 Å². The van der Waals surface area contributed by atoms with Gasteiger partial charge in [-0.15, -0.1) is 5.10 Å². The first-order chi connectivity index (χ1) is 7.65. The molecule has 3 unspecified atom stereocenters. The van der Waals surface area contributed by atoms with E-state index in [2.05, 4.69) is 38.5 Å². The fraction of sp³-hybridized carbons (Fsp3) is 0.800. The third-order valence-electron chi connectivity index (χ3n) is 3.30. The van der Waals surface area contributed by atoms with Crippen LogP contribution in [0.2, 0.25) is 0 Å². The topological polar surface area (TPSA) is 52.0 Å². The Hall–Kier alpha value is -0.460. The van der Waals surface area contributed by atoms with Crippen molar-refractivity contribution in [3.63, 3.8) is 0 Å². The smallest absolute Gasteiger partial charge is 0.153 e. The Bertz CT molecular complexity index is 348. The van der Waals surface area contributed by atoms with Crippen LogP contribution in [0.1, 0.15) is 25.1 Å². The van der Waals surface area contributed by atoms with E-state index in [9.17, 15) is 0 Å². The van der Waals surface area contributed by atoms with Crippen molar-refractivity contribution in [2.24, 2.45) is 13.0 Å². The molecule has 1 aliphatic rings. The van der Waals surface area contributed by atoms with E-state index in [1.54, 1.807) is 0 Å². The standard InChI is InChI=1S/C10H17BrN4O/c1-6-7(4-5-16-6)8(12-2)9-10(11)13-14-15(9)3/h6-8,12H,4-5H2,1-3H3. The maximum Gasteiger partial charge on any atom is 0.153 e. The van der Waals surface area contributed by atoms with Crippen molar-refractivity contribution in [2.45, 2.75) is 25.5 Å². The van der Waals surface area contributed by atoms with Crippen LogP contribution >= 0.6 is 15.9 Å². The number of nitrogens with zero attached hydrogens (tertiary/aromatic N) is 3. The van der Waals surface area contributed by atoms with Crippen molar-refractivity contribution in [3.05, 3.63) is 10.3 Å². The number of hydrogen-bond acceptors (Lipinski definition) is 4. The zero-order valence-electron chi connectivity index (χ0n) is 9.77. The lowest BCUT2D eigenvalue weighted by molar-refractivity contribution is 0.0953. The van der Waals surface area contributed by atoms with Gasteiger partial charge in [0.15, 0.2) is 4.60 Å². The molecule has 6 heteroatoms. The molecule has 0 spiro atoms. The van der Waals surface area contributed by atoms with Gasteiger partial charge in [0.25, 0.3) is 0 Å². The predicted octanol–water partition coefficient (Wildman–Crippen LogP) is 1.26. The van der Waals surface area contributed by atoms with Crippen LogP contribution in [-0.2, 0) is 11.8 Å². The van der Waals surface area contributed by atoms with Gasteiger partial charge in [-0.25, -0.2) is 4.68 Å². The molecule has 0 saturated carbocycles. The normalized spacial score (nSPS) is 27.2. The van der Waals surface area contributed by atoms with Crippen LogP contribution in [0.4, 0.5) is 0 Å². The maximum atomic E-state index is 5.62. The van der Waals surface area contributed by atoms with Crippen molar-refractivity contribution < 1.29 is 4.74 Å². The number of nitrogens with one attached hydrogen (secondary N) is 1. The van der Waals surface area contributed by atoms with Gasteiger partial charge in [0.1, 0.15) is 0 Å². The Balaban J connectivity index is 2.28. The Labute approximate surface area is 104 Å². The molecule has 0 amide bonds. The number of ether oxygens (including phenoxy) is 1. The summed E-state index contributed by atoms with van der Waals surface area (Å²) in [7, 11) is 3.88. The van der Waals surface area contributed by atoms with Crippen LogP contribution in [0, 0.1) is 5.92 Å². The van der Waals surface area contributed by atoms with Crippen LogP contribution in [0.5, 0.6) is 0 Å². The van der Waals surface area contributed by atoms with Gasteiger partial charge in [-0.3, -0.25) is 0 Å². The molecule has 1 N–H and O–H groups in total. The fourth-order valence-corrected chi connectivity index (χ4v) is 2.98. The Morgan fingerprint density at radius 2 is 2.38 bits per heavy atom. The number of rotatable bonds is 3. The summed E-state index contributed by atoms with van der Waals surface area (Å²) < 4.78 is 8.25. The van der Waals surface area contributed by atoms with Gasteiger partial charge in [-0.05, 0) is 36.3 Å². The van der Waals surface area contributed by atoms with Crippen molar-refractivity contribution in [1.82, 2.24) is 20.3 Å². The molecule has 0 aromatic carbocycles. The maximum absolute atomic E-state index is 5.62. The van der Waals surface area contributed by atoms with Crippen LogP contribution in [0.15, 0.2) is 4.60 Å². The second-order valence-corrected chi connectivity index (χ2v) is 4.94. The van der Waals surface area contributed by atoms with E-state index < -0.39 is 0 Å². The molecule has 3 atom stereocenters. The van der Waals surface area contributed by atoms with Gasteiger partial charge in [0, 0.05) is 19.6 Å². The molecule has 0 radical (unpaired) electrons. The monoisotopic (exact) mass is 288 g/mol. The summed E-state index contributed by atoms with van der Waals surface area (Å²) in [5, 5.41) is 11.4. The highest BCUT2D eigenvalue weighted by molar-refractivity contribution is 9.10. The third-order valence-corrected chi connectivity index (χ3v) is 3.86. The van der Waals surface area contributed by atoms with Crippen molar-refractivity contribution in [2.75, 3.05) is 13.7 Å². The quantitative estimate of drug-likeness (QED) is 0.910. The zero-order chi connectivity index (χ0) is 11.7. The van der Waals surface area contributed by atoms with Crippen molar-refractivity contribution in [3.8, 4) is 0 Å². The molecule has 5 nitrogen and oxygen atoms in total. The summed E-state index contributed by atoms with van der Waals surface area (Å²) in [5.41, 5.74) is 1.09. The summed E-state index contributed by atoms with van der Waals surface area (Å²) in [4.78, 5) is 0. The van der Waals surface area contributed by atoms with E-state index in [4.69, 9.17) is 4.74 Å². The Morgan fingerprint density at radius 1 is 1.62 bits per heavy atom. The molecule has 1 fully saturated rings. The molecular formula is C10H17BrN4O. The minimum absolute atomic E-state index is 0.229. The number of halogens is 1. The SMILES string of the molecule is CNC(c1c(Br)nnn1C)C1CCOC1C. The molecule has 2 rings (SSSR count). The van der Waals surface area contributed by atoms with Crippen LogP contribution < -0.4 is 5.32 Å². The van der Waals surface area contributed by atoms with E-state index in [-0.39, 0.29) is 12.1 Å². The molecule has 1 aromatic heterocycles. The first-order valence-electron chi connectivity index (χ1n) is 5.49. The van der Waals surface area contributed by atoms with Crippen LogP contribution in [-0.4, -0.2) is 34.8 Å². The van der Waals surface area contributed by atoms with Crippen molar-refractivity contribution in [1.29, 1.82) is 0 Å². The molecule has 16 heavy (non-hydrogen) atoms. The molecular weight excluding hydrogens is 272 g/mol. The van der Waals surface area contributed by atoms with E-state index >= 15 is 0 Å². The summed E-state index contributed by atoms with van der Waals surface area (Å²) in [5.74, 6) is 0.471. The number of aryl methyl sites for hydroxylation is 1. The number of hydrogen-bond donors (Lipinski definition) is 1. The summed E-state index contributed by atoms with van der Waals surface area (Å²) >= 11 is 3.45. The summed E-state index contributed by atoms with van der Waals surface area (Å²) in [6, 6.07) is 0.229. The lowest BCUT2D eigenvalue weighted by Crippen LogP contribution is -2.31. The average Bonchev–Trinajstić information content (AvgIpc) is 2.80. The minimum atomic E-state index is 0.229. The third kappa shape index (κ3) is 2.01. The fourth-order valence-electron chi connectivity index (χ4n) is 2.41. The average molecular weight is 289 g/mol. The highest BCUT2D eigenvalue weighted by Crippen LogP contribution is 2.34. The molecule has 1 saturated heterocycles. The van der Waals surface area contributed by atoms with Gasteiger partial charge in [0.05, 0.1) is 17.8 Å². The van der Waals surface area contributed by atoms with Gasteiger partial charge < -0.3 is 10.1 Å². The van der Waals surface area contributed by atoms with Crippen LogP contribution in [0.25, 0.3) is 0 Å². The first kappa shape index (κ1) is 12.0. The second-order valence-electron chi connectivity index (χ2n) is 4.18. The largest absolute Gasteiger partial charge is 0.378 e. The predicted molar refractivity (Wildman–Crippen MR) is 64.0 cm³/mol. The molecule has 2 heterocycles. The Kier molecular flexibility index (Phi) is 3.61. The number of aromatic nitrogens is 3. The van der Waals surface area contributed by atoms with E-state index in [0.29, 0.717) is 5.92 Å². The summed E-state index contributed by atoms with van der Waals surface area (Å²) in [6.45, 7) is 2.96. The molecule has 1 aromatic rings. The van der Waals surface area contributed by atoms with E-state index in [0.717, 1.165) is 23.3 Å². The lowest BCUT2D eigenvalue weighted by atomic mass is 9.91. The zero-order valence-corrected chi connectivity index (χ0v) is 11.4. The molecule has 1 aliphatic heterocycles. The van der Waals surface area contributed by atoms with Gasteiger partial charge in [-0.1, -0.05) is 5.21 Å². The first-order valence-corrected chi connectivity index (χ1v) is 6.28. The molecule has 90 valence electrons. The van der Waals surface area contributed by atoms with Crippen molar-refractivity contribution >= 4 is 15.9 Å². The van der Waals surface area contributed by atoms with E-state index in [1.807, 2.05) is 18.8 Å². The molecule has 0 aliphatic carbocycles. The Morgan fingerprint density at radius 3 is 2.81 bits per heavy atom. The highest BCUT2D eigenvalue weighted by Gasteiger charge is 2.34. The van der Waals surface area contributed by atoms with E-state index in [1.165, 1.54) is 0 Å². The summed E-state index contributed by atoms with van der Waals surface area (Å²) in [6.07, 6.45) is 1.35. The van der Waals surface area contributed by atoms with Gasteiger partial charge in [0.2, 0.25) is 0 Å². The highest BCUT2D eigenvalue weighted by atomic mass is 79.9. The van der Waals surface area contributed by atoms with Gasteiger partial charge >= 0.3 is 0 Å². The lowest BCUT2D eigenvalue weighted by Gasteiger charge is -2.25. The molecule has 0 bridgehead atoms. The second kappa shape index (κ2) is 4.81. The minimum Gasteiger partial charge on any atom is -0.378 e. The van der Waals surface area contributed by atoms with Gasteiger partial charge in [-0.2, -0.15) is 0 Å².